The van der Waals surface area contributed by atoms with Crippen LogP contribution in [-0.4, -0.2) is 4.92 Å². The molecule has 2 aromatic rings. The minimum Gasteiger partial charge on any atom is -1.00 e. The third-order valence-corrected chi connectivity index (χ3v) is 4.61. The van der Waals surface area contributed by atoms with Crippen LogP contribution >= 0.6 is 0 Å². The molecule has 2 rings (SSSR count). The lowest BCUT2D eigenvalue weighted by Gasteiger charge is -1.89. The Kier molecular flexibility index (Phi) is 5.57. The number of non-ortho nitro benzene ring substituents is 1. The molecule has 0 aliphatic heterocycles. The third kappa shape index (κ3) is 4.08. The molecule has 0 atom stereocenters. The number of hydrogen-bond donors (Lipinski definition) is 0. The molecular formula is C12H9BrINO2. The molecular weight excluding hydrogens is 397 g/mol. The van der Waals surface area contributed by atoms with E-state index in [1.807, 2.05) is 24.3 Å². The van der Waals surface area contributed by atoms with Gasteiger partial charge in [0.25, 0.3) is 5.69 Å². The Hall–Kier alpha value is -0.950. The Bertz CT molecular complexity index is 505. The average Bonchev–Trinajstić information content (AvgIpc) is 2.30. The highest BCUT2D eigenvalue weighted by molar-refractivity contribution is 5.27. The monoisotopic (exact) mass is 405 g/mol. The highest BCUT2D eigenvalue weighted by Crippen LogP contribution is 2.07. The Balaban J connectivity index is 0.00000144. The predicted molar refractivity (Wildman–Crippen MR) is 56.9 cm³/mol. The van der Waals surface area contributed by atoms with Crippen molar-refractivity contribution in [1.82, 2.24) is 0 Å². The summed E-state index contributed by atoms with van der Waals surface area (Å²) in [6.45, 7) is 0. The second-order valence-electron chi connectivity index (χ2n) is 3.13. The minimum absolute atomic E-state index is 0. The first-order valence-electron chi connectivity index (χ1n) is 4.70. The number of halogens is 2. The van der Waals surface area contributed by atoms with Crippen LogP contribution in [-0.2, 0) is 0 Å². The molecule has 0 heterocycles. The summed E-state index contributed by atoms with van der Waals surface area (Å²) < 4.78 is 2.33. The zero-order valence-electron chi connectivity index (χ0n) is 8.72. The summed E-state index contributed by atoms with van der Waals surface area (Å²) in [5.41, 5.74) is 0.174. The summed E-state index contributed by atoms with van der Waals surface area (Å²) in [4.78, 5) is 10.3. The van der Waals surface area contributed by atoms with Crippen LogP contribution in [0.4, 0.5) is 5.69 Å². The highest BCUT2D eigenvalue weighted by atomic mass is 127. The van der Waals surface area contributed by atoms with Gasteiger partial charge in [0.15, 0.2) is 3.57 Å². The summed E-state index contributed by atoms with van der Waals surface area (Å²) in [5.74, 6) is 0. The zero-order chi connectivity index (χ0) is 11.4. The van der Waals surface area contributed by atoms with Crippen molar-refractivity contribution in [3.05, 3.63) is 71.9 Å². The van der Waals surface area contributed by atoms with E-state index in [-0.39, 0.29) is 48.8 Å². The molecule has 88 valence electrons. The molecule has 0 aromatic heterocycles. The van der Waals surface area contributed by atoms with E-state index in [2.05, 4.69) is 12.1 Å². The van der Waals surface area contributed by atoms with Crippen molar-refractivity contribution in [2.24, 2.45) is 0 Å². The van der Waals surface area contributed by atoms with Gasteiger partial charge in [0.05, 0.1) is 11.0 Å². The zero-order valence-corrected chi connectivity index (χ0v) is 12.5. The smallest absolute Gasteiger partial charge is 0.358 e. The molecule has 0 saturated carbocycles. The van der Waals surface area contributed by atoms with Crippen LogP contribution in [0.2, 0.25) is 0 Å². The van der Waals surface area contributed by atoms with Crippen LogP contribution in [0.25, 0.3) is 0 Å². The lowest BCUT2D eigenvalue weighted by Crippen LogP contribution is -3.61. The molecule has 0 bridgehead atoms. The first-order chi connectivity index (χ1) is 7.75. The molecule has 0 fully saturated rings. The van der Waals surface area contributed by atoms with Crippen molar-refractivity contribution in [3.8, 4) is 0 Å². The number of rotatable bonds is 3. The van der Waals surface area contributed by atoms with Gasteiger partial charge in [-0.05, 0) is 18.2 Å². The van der Waals surface area contributed by atoms with Crippen LogP contribution in [0.3, 0.4) is 0 Å². The topological polar surface area (TPSA) is 43.1 Å². The maximum Gasteiger partial charge on any atom is 0.358 e. The SMILES string of the molecule is O=[N+]([O-])c1cccc([I+]c2ccccc2)c1.[Br-]. The standard InChI is InChI=1S/C12H9INO2.BrH/c15-14(16)12-8-4-7-11(9-12)13-10-5-2-1-3-6-10;/h1-9H;1H/q+1;/p-1. The molecule has 0 amide bonds. The van der Waals surface area contributed by atoms with Gasteiger partial charge in [-0.25, -0.2) is 0 Å². The minimum atomic E-state index is -0.349. The molecule has 0 radical (unpaired) electrons. The van der Waals surface area contributed by atoms with Crippen LogP contribution in [0.1, 0.15) is 0 Å². The maximum absolute atomic E-state index is 10.6. The highest BCUT2D eigenvalue weighted by Gasteiger charge is 2.17. The fraction of sp³-hybridized carbons (Fsp3) is 0. The first-order valence-corrected chi connectivity index (χ1v) is 6.86. The molecule has 2 aromatic carbocycles. The van der Waals surface area contributed by atoms with Gasteiger partial charge in [0, 0.05) is 6.07 Å². The molecule has 0 aliphatic carbocycles. The normalized spacial score (nSPS) is 9.41. The largest absolute Gasteiger partial charge is 1.00 e. The second kappa shape index (κ2) is 6.70. The van der Waals surface area contributed by atoms with E-state index in [4.69, 9.17) is 0 Å². The summed E-state index contributed by atoms with van der Waals surface area (Å²) in [6.07, 6.45) is 0. The number of nitrogens with zero attached hydrogens (tertiary/aromatic N) is 1. The van der Waals surface area contributed by atoms with Crippen LogP contribution < -0.4 is 38.2 Å². The average molecular weight is 406 g/mol. The van der Waals surface area contributed by atoms with E-state index in [9.17, 15) is 10.1 Å². The fourth-order valence-corrected chi connectivity index (χ4v) is 3.61. The lowest BCUT2D eigenvalue weighted by molar-refractivity contribution is -0.597. The number of benzene rings is 2. The Labute approximate surface area is 120 Å². The van der Waals surface area contributed by atoms with Gasteiger partial charge in [-0.3, -0.25) is 10.1 Å². The molecule has 0 saturated heterocycles. The van der Waals surface area contributed by atoms with Crippen molar-refractivity contribution >= 4 is 5.69 Å². The molecule has 17 heavy (non-hydrogen) atoms. The number of nitro benzene ring substituents is 1. The van der Waals surface area contributed by atoms with Gasteiger partial charge in [-0.1, -0.05) is 24.3 Å². The summed E-state index contributed by atoms with van der Waals surface area (Å²) in [6, 6.07) is 17.0. The van der Waals surface area contributed by atoms with Gasteiger partial charge < -0.3 is 17.0 Å². The lowest BCUT2D eigenvalue weighted by atomic mass is 10.3. The first kappa shape index (κ1) is 14.1. The molecule has 0 unspecified atom stereocenters. The summed E-state index contributed by atoms with van der Waals surface area (Å²) >= 11 is -0.318. The molecule has 3 nitrogen and oxygen atoms in total. The second-order valence-corrected chi connectivity index (χ2v) is 6.16. The quantitative estimate of drug-likeness (QED) is 0.305. The van der Waals surface area contributed by atoms with Crippen molar-refractivity contribution < 1.29 is 43.1 Å². The fourth-order valence-electron chi connectivity index (χ4n) is 1.25. The van der Waals surface area contributed by atoms with Crippen LogP contribution in [0, 0.1) is 17.3 Å². The van der Waals surface area contributed by atoms with E-state index < -0.39 is 0 Å². The predicted octanol–water partition coefficient (Wildman–Crippen LogP) is -3.27. The Morgan fingerprint density at radius 3 is 2.24 bits per heavy atom. The van der Waals surface area contributed by atoms with E-state index in [1.165, 1.54) is 9.64 Å². The van der Waals surface area contributed by atoms with Crippen molar-refractivity contribution in [3.63, 3.8) is 0 Å². The van der Waals surface area contributed by atoms with E-state index in [1.54, 1.807) is 12.1 Å². The maximum atomic E-state index is 10.6. The molecule has 0 spiro atoms. The van der Waals surface area contributed by atoms with Crippen molar-refractivity contribution in [2.75, 3.05) is 0 Å². The van der Waals surface area contributed by atoms with E-state index >= 15 is 0 Å². The van der Waals surface area contributed by atoms with Gasteiger partial charge >= 0.3 is 21.2 Å². The molecule has 0 N–H and O–H groups in total. The summed E-state index contributed by atoms with van der Waals surface area (Å²) in [5, 5.41) is 10.6. The summed E-state index contributed by atoms with van der Waals surface area (Å²) in [7, 11) is 0. The van der Waals surface area contributed by atoms with Crippen LogP contribution in [0.5, 0.6) is 0 Å². The molecule has 5 heteroatoms. The Morgan fingerprint density at radius 2 is 1.59 bits per heavy atom. The van der Waals surface area contributed by atoms with Gasteiger partial charge in [-0.2, -0.15) is 0 Å². The van der Waals surface area contributed by atoms with Crippen molar-refractivity contribution in [2.45, 2.75) is 0 Å². The number of hydrogen-bond acceptors (Lipinski definition) is 2. The van der Waals surface area contributed by atoms with Gasteiger partial charge in [-0.15, -0.1) is 0 Å². The van der Waals surface area contributed by atoms with Gasteiger partial charge in [0.1, 0.15) is 0 Å². The van der Waals surface area contributed by atoms with E-state index in [0.717, 1.165) is 3.57 Å². The Morgan fingerprint density at radius 1 is 0.941 bits per heavy atom. The van der Waals surface area contributed by atoms with Crippen LogP contribution in [0.15, 0.2) is 54.6 Å². The number of nitro groups is 1. The van der Waals surface area contributed by atoms with Crippen molar-refractivity contribution in [1.29, 1.82) is 0 Å². The van der Waals surface area contributed by atoms with Gasteiger partial charge in [0.2, 0.25) is 3.57 Å². The van der Waals surface area contributed by atoms with E-state index in [0.29, 0.717) is 0 Å². The molecule has 0 aliphatic rings. The third-order valence-electron chi connectivity index (χ3n) is 1.97.